The Morgan fingerprint density at radius 2 is 2.21 bits per heavy atom. The molecule has 2 rings (SSSR count). The van der Waals surface area contributed by atoms with Gasteiger partial charge in [-0.15, -0.1) is 0 Å². The number of aryl methyl sites for hydroxylation is 1. The Morgan fingerprint density at radius 3 is 2.84 bits per heavy atom. The molecule has 1 aliphatic rings. The van der Waals surface area contributed by atoms with Gasteiger partial charge >= 0.3 is 5.97 Å². The zero-order valence-electron chi connectivity index (χ0n) is 10.4. The number of morpholine rings is 1. The summed E-state index contributed by atoms with van der Waals surface area (Å²) in [5.41, 5.74) is 0.588. The highest BCUT2D eigenvalue weighted by atomic mass is 19.1. The Kier molecular flexibility index (Phi) is 3.80. The molecule has 19 heavy (non-hydrogen) atoms. The average molecular weight is 267 g/mol. The Morgan fingerprint density at radius 1 is 1.47 bits per heavy atom. The van der Waals surface area contributed by atoms with Crippen LogP contribution in [0.4, 0.5) is 4.39 Å². The van der Waals surface area contributed by atoms with E-state index in [1.807, 2.05) is 0 Å². The highest BCUT2D eigenvalue weighted by Crippen LogP contribution is 2.16. The Hall–Kier alpha value is -1.95. The smallest absolute Gasteiger partial charge is 0.328 e. The molecule has 1 unspecified atom stereocenters. The number of rotatable bonds is 2. The van der Waals surface area contributed by atoms with Crippen molar-refractivity contribution in [3.8, 4) is 0 Å². The number of hydrogen-bond acceptors (Lipinski definition) is 3. The van der Waals surface area contributed by atoms with Gasteiger partial charge in [-0.05, 0) is 24.6 Å². The standard InChI is InChI=1S/C13H14FNO4/c1-8-2-3-9(10(14)6-8)12(16)15-4-5-19-7-11(15)13(17)18/h2-3,6,11H,4-5,7H2,1H3,(H,17,18). The Bertz CT molecular complexity index is 517. The second-order valence-electron chi connectivity index (χ2n) is 4.41. The van der Waals surface area contributed by atoms with E-state index in [1.165, 1.54) is 12.1 Å². The Labute approximate surface area is 109 Å². The number of aliphatic carboxylic acids is 1. The van der Waals surface area contributed by atoms with E-state index in [0.717, 1.165) is 4.90 Å². The fourth-order valence-electron chi connectivity index (χ4n) is 2.00. The van der Waals surface area contributed by atoms with E-state index in [-0.39, 0.29) is 25.3 Å². The van der Waals surface area contributed by atoms with Crippen LogP contribution in [0.25, 0.3) is 0 Å². The SMILES string of the molecule is Cc1ccc(C(=O)N2CCOCC2C(=O)O)c(F)c1. The molecule has 1 atom stereocenters. The molecule has 1 aliphatic heterocycles. The van der Waals surface area contributed by atoms with Gasteiger partial charge in [-0.25, -0.2) is 9.18 Å². The van der Waals surface area contributed by atoms with Gasteiger partial charge in [0.25, 0.3) is 5.91 Å². The van der Waals surface area contributed by atoms with Gasteiger partial charge in [-0.3, -0.25) is 4.79 Å². The van der Waals surface area contributed by atoms with Crippen LogP contribution in [-0.4, -0.2) is 47.7 Å². The topological polar surface area (TPSA) is 66.8 Å². The quantitative estimate of drug-likeness (QED) is 0.870. The molecule has 0 radical (unpaired) electrons. The molecule has 1 heterocycles. The maximum absolute atomic E-state index is 13.8. The molecular weight excluding hydrogens is 253 g/mol. The van der Waals surface area contributed by atoms with Crippen molar-refractivity contribution in [2.24, 2.45) is 0 Å². The third-order valence-electron chi connectivity index (χ3n) is 3.03. The first-order chi connectivity index (χ1) is 9.00. The lowest BCUT2D eigenvalue weighted by Gasteiger charge is -2.32. The molecule has 1 fully saturated rings. The van der Waals surface area contributed by atoms with Gasteiger partial charge in [0.15, 0.2) is 6.04 Å². The van der Waals surface area contributed by atoms with Crippen LogP contribution in [0, 0.1) is 12.7 Å². The summed E-state index contributed by atoms with van der Waals surface area (Å²) in [7, 11) is 0. The molecule has 1 saturated heterocycles. The molecule has 0 saturated carbocycles. The fraction of sp³-hybridized carbons (Fsp3) is 0.385. The molecule has 0 aromatic heterocycles. The molecule has 0 bridgehead atoms. The minimum absolute atomic E-state index is 0.0748. The van der Waals surface area contributed by atoms with E-state index in [4.69, 9.17) is 9.84 Å². The molecule has 1 N–H and O–H groups in total. The van der Waals surface area contributed by atoms with Gasteiger partial charge in [0.05, 0.1) is 18.8 Å². The summed E-state index contributed by atoms with van der Waals surface area (Å²) < 4.78 is 18.8. The fourth-order valence-corrected chi connectivity index (χ4v) is 2.00. The Balaban J connectivity index is 2.28. The van der Waals surface area contributed by atoms with E-state index in [2.05, 4.69) is 0 Å². The number of hydrogen-bond donors (Lipinski definition) is 1. The molecule has 0 aliphatic carbocycles. The van der Waals surface area contributed by atoms with Gasteiger partial charge in [0.1, 0.15) is 5.82 Å². The lowest BCUT2D eigenvalue weighted by molar-refractivity contribution is -0.147. The summed E-state index contributed by atoms with van der Waals surface area (Å²) in [5, 5.41) is 9.05. The summed E-state index contributed by atoms with van der Waals surface area (Å²) in [6.45, 7) is 2.03. The first kappa shape index (κ1) is 13.5. The number of halogens is 1. The van der Waals surface area contributed by atoms with Crippen molar-refractivity contribution in [1.29, 1.82) is 0 Å². The number of carbonyl (C=O) groups is 2. The van der Waals surface area contributed by atoms with Gasteiger partial charge in [0, 0.05) is 6.54 Å². The van der Waals surface area contributed by atoms with Crippen LogP contribution in [0.1, 0.15) is 15.9 Å². The third kappa shape index (κ3) is 2.73. The number of carboxylic acid groups (broad SMARTS) is 1. The van der Waals surface area contributed by atoms with E-state index >= 15 is 0 Å². The van der Waals surface area contributed by atoms with Crippen LogP contribution in [0.15, 0.2) is 18.2 Å². The number of amides is 1. The van der Waals surface area contributed by atoms with Crippen molar-refractivity contribution in [1.82, 2.24) is 4.90 Å². The van der Waals surface area contributed by atoms with Crippen molar-refractivity contribution in [2.75, 3.05) is 19.8 Å². The van der Waals surface area contributed by atoms with E-state index < -0.39 is 23.7 Å². The summed E-state index contributed by atoms with van der Waals surface area (Å²) in [5.74, 6) is -2.41. The highest BCUT2D eigenvalue weighted by molar-refractivity contribution is 5.97. The predicted molar refractivity (Wildman–Crippen MR) is 64.4 cm³/mol. The van der Waals surface area contributed by atoms with Gasteiger partial charge in [0.2, 0.25) is 0 Å². The first-order valence-electron chi connectivity index (χ1n) is 5.88. The van der Waals surface area contributed by atoms with Crippen molar-refractivity contribution in [3.05, 3.63) is 35.1 Å². The minimum Gasteiger partial charge on any atom is -0.480 e. The van der Waals surface area contributed by atoms with E-state index in [0.29, 0.717) is 5.56 Å². The number of nitrogens with zero attached hydrogens (tertiary/aromatic N) is 1. The summed E-state index contributed by atoms with van der Waals surface area (Å²) in [6.07, 6.45) is 0. The highest BCUT2D eigenvalue weighted by Gasteiger charge is 2.34. The summed E-state index contributed by atoms with van der Waals surface area (Å²) in [6, 6.07) is 3.18. The second kappa shape index (κ2) is 5.36. The van der Waals surface area contributed by atoms with Crippen LogP contribution < -0.4 is 0 Å². The zero-order chi connectivity index (χ0) is 14.0. The number of carboxylic acids is 1. The van der Waals surface area contributed by atoms with Gasteiger partial charge in [-0.2, -0.15) is 0 Å². The van der Waals surface area contributed by atoms with E-state index in [1.54, 1.807) is 13.0 Å². The number of carbonyl (C=O) groups excluding carboxylic acids is 1. The van der Waals surface area contributed by atoms with E-state index in [9.17, 15) is 14.0 Å². The van der Waals surface area contributed by atoms with Crippen molar-refractivity contribution >= 4 is 11.9 Å². The third-order valence-corrected chi connectivity index (χ3v) is 3.03. The van der Waals surface area contributed by atoms with Crippen molar-refractivity contribution in [3.63, 3.8) is 0 Å². The van der Waals surface area contributed by atoms with Crippen LogP contribution >= 0.6 is 0 Å². The number of ether oxygens (including phenoxy) is 1. The maximum Gasteiger partial charge on any atom is 0.328 e. The average Bonchev–Trinajstić information content (AvgIpc) is 2.38. The molecule has 6 heteroatoms. The molecule has 5 nitrogen and oxygen atoms in total. The predicted octanol–water partition coefficient (Wildman–Crippen LogP) is 1.06. The zero-order valence-corrected chi connectivity index (χ0v) is 10.4. The minimum atomic E-state index is -1.15. The van der Waals surface area contributed by atoms with Crippen LogP contribution in [0.5, 0.6) is 0 Å². The van der Waals surface area contributed by atoms with Crippen LogP contribution in [0.3, 0.4) is 0 Å². The summed E-state index contributed by atoms with van der Waals surface area (Å²) in [4.78, 5) is 24.4. The van der Waals surface area contributed by atoms with Crippen molar-refractivity contribution in [2.45, 2.75) is 13.0 Å². The molecule has 1 aromatic rings. The van der Waals surface area contributed by atoms with Crippen LogP contribution in [0.2, 0.25) is 0 Å². The summed E-state index contributed by atoms with van der Waals surface area (Å²) >= 11 is 0. The molecule has 0 spiro atoms. The maximum atomic E-state index is 13.8. The molecular formula is C13H14FNO4. The molecule has 1 amide bonds. The lowest BCUT2D eigenvalue weighted by Crippen LogP contribution is -2.52. The van der Waals surface area contributed by atoms with Crippen molar-refractivity contribution < 1.29 is 23.8 Å². The van der Waals surface area contributed by atoms with Gasteiger partial charge < -0.3 is 14.7 Å². The van der Waals surface area contributed by atoms with Crippen LogP contribution in [-0.2, 0) is 9.53 Å². The normalized spacial score (nSPS) is 19.3. The largest absolute Gasteiger partial charge is 0.480 e. The molecule has 1 aromatic carbocycles. The first-order valence-corrected chi connectivity index (χ1v) is 5.88. The number of benzene rings is 1. The lowest BCUT2D eigenvalue weighted by atomic mass is 10.1. The monoisotopic (exact) mass is 267 g/mol. The van der Waals surface area contributed by atoms with Gasteiger partial charge in [-0.1, -0.05) is 6.07 Å². The molecule has 102 valence electrons. The second-order valence-corrected chi connectivity index (χ2v) is 4.41.